The number of nitrogens with zero attached hydrogens (tertiary/aromatic N) is 3. The Morgan fingerprint density at radius 1 is 1.03 bits per heavy atom. The number of ether oxygens (including phenoxy) is 2. The van der Waals surface area contributed by atoms with E-state index in [2.05, 4.69) is 4.98 Å². The minimum absolute atomic E-state index is 0.300. The second kappa shape index (κ2) is 11.3. The first-order chi connectivity index (χ1) is 17.7. The summed E-state index contributed by atoms with van der Waals surface area (Å²) in [5, 5.41) is 9.17. The number of benzene rings is 3. The lowest BCUT2D eigenvalue weighted by molar-refractivity contribution is -0.144. The summed E-state index contributed by atoms with van der Waals surface area (Å²) in [5.74, 6) is 0.409. The second-order valence-electron chi connectivity index (χ2n) is 8.61. The third-order valence-corrected chi connectivity index (χ3v) is 6.66. The fourth-order valence-corrected chi connectivity index (χ4v) is 4.89. The Morgan fingerprint density at radius 3 is 2.46 bits per heavy atom. The number of carboxylic acid groups (broad SMARTS) is 1. The number of para-hydroxylation sites is 3. The van der Waals surface area contributed by atoms with Gasteiger partial charge in [-0.1, -0.05) is 42.5 Å². The van der Waals surface area contributed by atoms with Crippen molar-refractivity contribution in [2.45, 2.75) is 26.0 Å². The number of anilines is 1. The molecule has 37 heavy (non-hydrogen) atoms. The van der Waals surface area contributed by atoms with Crippen LogP contribution in [0.5, 0.6) is 11.5 Å². The third-order valence-electron chi connectivity index (χ3n) is 5.63. The summed E-state index contributed by atoms with van der Waals surface area (Å²) < 4.78 is 38.3. The fourth-order valence-electron chi connectivity index (χ4n) is 3.92. The lowest BCUT2D eigenvalue weighted by Crippen LogP contribution is -2.30. The van der Waals surface area contributed by atoms with Crippen molar-refractivity contribution < 1.29 is 27.8 Å². The van der Waals surface area contributed by atoms with E-state index in [1.54, 1.807) is 36.4 Å². The van der Waals surface area contributed by atoms with Gasteiger partial charge in [0.15, 0.2) is 6.10 Å². The number of rotatable bonds is 12. The van der Waals surface area contributed by atoms with Crippen LogP contribution in [0.2, 0.25) is 0 Å². The van der Waals surface area contributed by atoms with Gasteiger partial charge in [0.25, 0.3) is 0 Å². The largest absolute Gasteiger partial charge is 0.494 e. The zero-order valence-electron chi connectivity index (χ0n) is 20.6. The van der Waals surface area contributed by atoms with Crippen LogP contribution in [0, 0.1) is 0 Å². The molecule has 1 N–H and O–H groups in total. The number of hydrogen-bond donors (Lipinski definition) is 1. The monoisotopic (exact) mass is 523 g/mol. The lowest BCUT2D eigenvalue weighted by Gasteiger charge is -2.25. The van der Waals surface area contributed by atoms with Crippen molar-refractivity contribution in [2.75, 3.05) is 24.3 Å². The van der Waals surface area contributed by atoms with E-state index in [-0.39, 0.29) is 0 Å². The van der Waals surface area contributed by atoms with Crippen LogP contribution in [0.1, 0.15) is 18.9 Å². The van der Waals surface area contributed by atoms with Gasteiger partial charge in [0.05, 0.1) is 23.9 Å². The van der Waals surface area contributed by atoms with Crippen LogP contribution in [-0.2, 0) is 21.4 Å². The highest BCUT2D eigenvalue weighted by Crippen LogP contribution is 2.27. The minimum Gasteiger partial charge on any atom is -0.494 e. The van der Waals surface area contributed by atoms with Crippen molar-refractivity contribution in [3.8, 4) is 11.5 Å². The van der Waals surface area contributed by atoms with Crippen molar-refractivity contribution in [1.82, 2.24) is 8.96 Å². The first kappa shape index (κ1) is 26.0. The topological polar surface area (TPSA) is 111 Å². The average molecular weight is 524 g/mol. The highest BCUT2D eigenvalue weighted by atomic mass is 32.2. The fraction of sp³-hybridized carbons (Fsp3) is 0.259. The molecule has 4 aromatic rings. The van der Waals surface area contributed by atoms with Crippen molar-refractivity contribution in [3.05, 3.63) is 84.4 Å². The van der Waals surface area contributed by atoms with E-state index in [0.717, 1.165) is 17.6 Å². The number of aliphatic carboxylic acids is 1. The molecule has 0 fully saturated rings. The predicted octanol–water partition coefficient (Wildman–Crippen LogP) is 4.17. The molecule has 0 aliphatic heterocycles. The molecule has 0 amide bonds. The number of imidazole rings is 1. The molecule has 1 aromatic heterocycles. The lowest BCUT2D eigenvalue weighted by atomic mass is 10.2. The van der Waals surface area contributed by atoms with Crippen molar-refractivity contribution in [3.63, 3.8) is 0 Å². The van der Waals surface area contributed by atoms with Gasteiger partial charge in [-0.15, -0.1) is 0 Å². The highest BCUT2D eigenvalue weighted by Gasteiger charge is 2.23. The SMILES string of the molecule is CC(Oc1cccc(CN(CCCOc2ccccc2)c2nc3ccccc3n2S(C)(=O)=O)c1)C(=O)O. The number of carboxylic acids is 1. The van der Waals surface area contributed by atoms with E-state index in [4.69, 9.17) is 9.47 Å². The van der Waals surface area contributed by atoms with Crippen LogP contribution in [0.15, 0.2) is 78.9 Å². The third kappa shape index (κ3) is 6.59. The van der Waals surface area contributed by atoms with Gasteiger partial charge in [0, 0.05) is 13.1 Å². The average Bonchev–Trinajstić information content (AvgIpc) is 3.27. The predicted molar refractivity (Wildman–Crippen MR) is 142 cm³/mol. The van der Waals surface area contributed by atoms with Crippen LogP contribution in [-0.4, -0.2) is 54.0 Å². The summed E-state index contributed by atoms with van der Waals surface area (Å²) >= 11 is 0. The van der Waals surface area contributed by atoms with Gasteiger partial charge < -0.3 is 19.5 Å². The molecule has 0 spiro atoms. The van der Waals surface area contributed by atoms with Crippen LogP contribution in [0.25, 0.3) is 11.0 Å². The zero-order chi connectivity index (χ0) is 26.4. The number of hydrogen-bond acceptors (Lipinski definition) is 7. The molecular formula is C27H29N3O6S. The van der Waals surface area contributed by atoms with Gasteiger partial charge in [-0.2, -0.15) is 0 Å². The maximum absolute atomic E-state index is 12.8. The molecule has 1 unspecified atom stereocenters. The summed E-state index contributed by atoms with van der Waals surface area (Å²) in [7, 11) is -3.67. The van der Waals surface area contributed by atoms with E-state index >= 15 is 0 Å². The van der Waals surface area contributed by atoms with Gasteiger partial charge in [-0.05, 0) is 55.3 Å². The summed E-state index contributed by atoms with van der Waals surface area (Å²) in [6.45, 7) is 2.67. The summed E-state index contributed by atoms with van der Waals surface area (Å²) in [5.41, 5.74) is 1.88. The molecule has 0 aliphatic carbocycles. The maximum Gasteiger partial charge on any atom is 0.344 e. The molecule has 0 saturated heterocycles. The molecule has 10 heteroatoms. The number of aromatic nitrogens is 2. The van der Waals surface area contributed by atoms with Crippen molar-refractivity contribution in [2.24, 2.45) is 0 Å². The van der Waals surface area contributed by atoms with E-state index in [9.17, 15) is 18.3 Å². The van der Waals surface area contributed by atoms with Gasteiger partial charge in [0.2, 0.25) is 16.0 Å². The molecule has 4 rings (SSSR count). The van der Waals surface area contributed by atoms with Crippen LogP contribution in [0.3, 0.4) is 0 Å². The normalized spacial score (nSPS) is 12.3. The zero-order valence-corrected chi connectivity index (χ0v) is 21.5. The van der Waals surface area contributed by atoms with Gasteiger partial charge in [-0.3, -0.25) is 0 Å². The minimum atomic E-state index is -3.67. The summed E-state index contributed by atoms with van der Waals surface area (Å²) in [4.78, 5) is 17.8. The first-order valence-electron chi connectivity index (χ1n) is 11.8. The van der Waals surface area contributed by atoms with E-state index in [1.165, 1.54) is 10.9 Å². The first-order valence-corrected chi connectivity index (χ1v) is 13.7. The Bertz CT molecular complexity index is 1470. The summed E-state index contributed by atoms with van der Waals surface area (Å²) in [6.07, 6.45) is 0.757. The molecule has 0 bridgehead atoms. The molecule has 1 heterocycles. The standard InChI is InChI=1S/C27H29N3O6S/c1-20(26(31)32)36-23-13-8-10-21(18-23)19-29(16-9-17-35-22-11-4-3-5-12-22)27-28-24-14-6-7-15-25(24)30(27)37(2,33)34/h3-8,10-15,18,20H,9,16-17,19H2,1-2H3,(H,31,32). The Labute approximate surface area is 215 Å². The van der Waals surface area contributed by atoms with Gasteiger partial charge in [-0.25, -0.2) is 22.2 Å². The van der Waals surface area contributed by atoms with Crippen molar-refractivity contribution >= 4 is 33.0 Å². The Hall–Kier alpha value is -4.05. The van der Waals surface area contributed by atoms with Crippen LogP contribution in [0.4, 0.5) is 5.95 Å². The molecule has 194 valence electrons. The maximum atomic E-state index is 12.8. The molecule has 0 saturated carbocycles. The van der Waals surface area contributed by atoms with Gasteiger partial charge in [0.1, 0.15) is 11.5 Å². The number of fused-ring (bicyclic) bond motifs is 1. The quantitative estimate of drug-likeness (QED) is 0.276. The molecular weight excluding hydrogens is 494 g/mol. The van der Waals surface area contributed by atoms with Crippen molar-refractivity contribution in [1.29, 1.82) is 0 Å². The van der Waals surface area contributed by atoms with E-state index in [0.29, 0.717) is 48.8 Å². The molecule has 1 atom stereocenters. The summed E-state index contributed by atoms with van der Waals surface area (Å²) in [6, 6.07) is 23.7. The smallest absolute Gasteiger partial charge is 0.344 e. The van der Waals surface area contributed by atoms with Crippen LogP contribution < -0.4 is 14.4 Å². The van der Waals surface area contributed by atoms with Crippen LogP contribution >= 0.6 is 0 Å². The van der Waals surface area contributed by atoms with E-state index in [1.807, 2.05) is 47.4 Å². The number of carbonyl (C=O) groups is 1. The molecule has 9 nitrogen and oxygen atoms in total. The Balaban J connectivity index is 1.63. The van der Waals surface area contributed by atoms with Gasteiger partial charge >= 0.3 is 5.97 Å². The molecule has 3 aromatic carbocycles. The van der Waals surface area contributed by atoms with E-state index < -0.39 is 22.1 Å². The highest BCUT2D eigenvalue weighted by molar-refractivity contribution is 7.89. The second-order valence-corrected chi connectivity index (χ2v) is 10.4. The molecule has 0 radical (unpaired) electrons. The molecule has 0 aliphatic rings. The Kier molecular flexibility index (Phi) is 7.98. The Morgan fingerprint density at radius 2 is 1.73 bits per heavy atom.